The standard InChI is InChI=1S/C7H10BrNO4/c1-3-6(11)9(5(2)10)13-7(12)4-8/h3-4H2,1-2H3. The van der Waals surface area contributed by atoms with E-state index < -0.39 is 17.8 Å². The minimum absolute atomic E-state index is 0.0617. The van der Waals surface area contributed by atoms with Crippen LogP contribution < -0.4 is 0 Å². The number of alkyl halides is 1. The zero-order valence-electron chi connectivity index (χ0n) is 7.37. The van der Waals surface area contributed by atoms with Gasteiger partial charge in [-0.15, -0.1) is 5.06 Å². The van der Waals surface area contributed by atoms with Crippen LogP contribution in [0, 0.1) is 0 Å². The molecule has 0 radical (unpaired) electrons. The second-order valence-corrected chi connectivity index (χ2v) is 2.72. The van der Waals surface area contributed by atoms with Crippen molar-refractivity contribution >= 4 is 33.7 Å². The number of hydrogen-bond donors (Lipinski definition) is 0. The van der Waals surface area contributed by atoms with Gasteiger partial charge in [-0.1, -0.05) is 22.9 Å². The molecular formula is C7H10BrNO4. The van der Waals surface area contributed by atoms with Crippen LogP contribution in [0.5, 0.6) is 0 Å². The fourth-order valence-electron chi connectivity index (χ4n) is 0.561. The van der Waals surface area contributed by atoms with Crippen molar-refractivity contribution in [2.75, 3.05) is 5.33 Å². The Morgan fingerprint density at radius 2 is 1.92 bits per heavy atom. The molecule has 0 aliphatic heterocycles. The minimum Gasteiger partial charge on any atom is -0.329 e. The van der Waals surface area contributed by atoms with Crippen LogP contribution in [0.1, 0.15) is 20.3 Å². The van der Waals surface area contributed by atoms with E-state index in [9.17, 15) is 14.4 Å². The molecule has 0 aliphatic rings. The predicted octanol–water partition coefficient (Wildman–Crippen LogP) is 0.625. The van der Waals surface area contributed by atoms with E-state index in [1.807, 2.05) is 0 Å². The van der Waals surface area contributed by atoms with E-state index >= 15 is 0 Å². The lowest BCUT2D eigenvalue weighted by Crippen LogP contribution is -2.37. The molecule has 0 fully saturated rings. The van der Waals surface area contributed by atoms with Gasteiger partial charge in [0, 0.05) is 13.3 Å². The van der Waals surface area contributed by atoms with Crippen molar-refractivity contribution in [3.8, 4) is 0 Å². The number of halogens is 1. The number of hydrogen-bond acceptors (Lipinski definition) is 4. The minimum atomic E-state index is -0.683. The van der Waals surface area contributed by atoms with Crippen LogP contribution in [-0.4, -0.2) is 28.2 Å². The summed E-state index contributed by atoms with van der Waals surface area (Å²) in [6.07, 6.45) is 0.106. The normalized spacial score (nSPS) is 9.15. The number of carbonyl (C=O) groups excluding carboxylic acids is 3. The molecule has 0 rings (SSSR count). The lowest BCUT2D eigenvalue weighted by molar-refractivity contribution is -0.199. The molecule has 2 amide bonds. The van der Waals surface area contributed by atoms with Crippen LogP contribution in [0.3, 0.4) is 0 Å². The molecular weight excluding hydrogens is 242 g/mol. The van der Waals surface area contributed by atoms with Crippen molar-refractivity contribution in [2.45, 2.75) is 20.3 Å². The molecule has 0 aromatic carbocycles. The molecule has 13 heavy (non-hydrogen) atoms. The molecule has 0 spiro atoms. The van der Waals surface area contributed by atoms with Crippen LogP contribution in [0.4, 0.5) is 0 Å². The Hall–Kier alpha value is -0.910. The van der Waals surface area contributed by atoms with Gasteiger partial charge in [-0.05, 0) is 0 Å². The molecule has 0 aromatic rings. The molecule has 5 nitrogen and oxygen atoms in total. The van der Waals surface area contributed by atoms with E-state index in [1.54, 1.807) is 6.92 Å². The van der Waals surface area contributed by atoms with Crippen molar-refractivity contribution < 1.29 is 19.2 Å². The maximum Gasteiger partial charge on any atom is 0.343 e. The quantitative estimate of drug-likeness (QED) is 0.534. The van der Waals surface area contributed by atoms with Crippen molar-refractivity contribution in [1.29, 1.82) is 0 Å². The average Bonchev–Trinajstić information content (AvgIpc) is 2.11. The van der Waals surface area contributed by atoms with E-state index in [0.29, 0.717) is 5.06 Å². The van der Waals surface area contributed by atoms with Crippen molar-refractivity contribution in [3.63, 3.8) is 0 Å². The van der Waals surface area contributed by atoms with Crippen LogP contribution >= 0.6 is 15.9 Å². The summed E-state index contributed by atoms with van der Waals surface area (Å²) in [5, 5.41) is 0.400. The fourth-order valence-corrected chi connectivity index (χ4v) is 0.663. The van der Waals surface area contributed by atoms with Gasteiger partial charge in [0.05, 0.1) is 0 Å². The first-order valence-corrected chi connectivity index (χ1v) is 4.75. The Balaban J connectivity index is 4.35. The summed E-state index contributed by atoms with van der Waals surface area (Å²) in [5.74, 6) is -1.83. The Morgan fingerprint density at radius 3 is 2.23 bits per heavy atom. The SMILES string of the molecule is CCC(=O)N(OC(=O)CBr)C(C)=O. The lowest BCUT2D eigenvalue weighted by Gasteiger charge is -2.15. The van der Waals surface area contributed by atoms with E-state index in [2.05, 4.69) is 20.8 Å². The van der Waals surface area contributed by atoms with Gasteiger partial charge in [-0.2, -0.15) is 0 Å². The van der Waals surface area contributed by atoms with E-state index in [1.165, 1.54) is 0 Å². The Labute approximate surface area is 84.1 Å². The first kappa shape index (κ1) is 12.1. The summed E-state index contributed by atoms with van der Waals surface area (Å²) in [6.45, 7) is 2.72. The average molecular weight is 252 g/mol. The fraction of sp³-hybridized carbons (Fsp3) is 0.571. The second-order valence-electron chi connectivity index (χ2n) is 2.16. The highest BCUT2D eigenvalue weighted by Gasteiger charge is 2.20. The molecule has 0 aromatic heterocycles. The molecule has 0 unspecified atom stereocenters. The van der Waals surface area contributed by atoms with Crippen molar-refractivity contribution in [1.82, 2.24) is 5.06 Å². The highest BCUT2D eigenvalue weighted by Crippen LogP contribution is 1.98. The largest absolute Gasteiger partial charge is 0.343 e. The molecule has 0 saturated heterocycles. The molecule has 0 atom stereocenters. The molecule has 74 valence electrons. The summed E-state index contributed by atoms with van der Waals surface area (Å²) in [6, 6.07) is 0. The summed E-state index contributed by atoms with van der Waals surface area (Å²) in [5.41, 5.74) is 0. The van der Waals surface area contributed by atoms with Gasteiger partial charge in [0.25, 0.3) is 11.8 Å². The Kier molecular flexibility index (Phi) is 5.29. The first-order valence-electron chi connectivity index (χ1n) is 3.63. The van der Waals surface area contributed by atoms with Crippen molar-refractivity contribution in [2.24, 2.45) is 0 Å². The monoisotopic (exact) mass is 251 g/mol. The molecule has 0 N–H and O–H groups in total. The summed E-state index contributed by atoms with van der Waals surface area (Å²) >= 11 is 2.84. The Bertz CT molecular complexity index is 229. The van der Waals surface area contributed by atoms with Crippen LogP contribution in [0.15, 0.2) is 0 Å². The maximum atomic E-state index is 11.0. The third-order valence-electron chi connectivity index (χ3n) is 1.12. The third-order valence-corrected chi connectivity index (χ3v) is 1.58. The van der Waals surface area contributed by atoms with Gasteiger partial charge in [-0.25, -0.2) is 4.79 Å². The summed E-state index contributed by atoms with van der Waals surface area (Å²) < 4.78 is 0. The Morgan fingerprint density at radius 1 is 1.38 bits per heavy atom. The highest BCUT2D eigenvalue weighted by molar-refractivity contribution is 9.09. The van der Waals surface area contributed by atoms with Crippen LogP contribution in [0.2, 0.25) is 0 Å². The number of amides is 2. The lowest BCUT2D eigenvalue weighted by atomic mass is 10.4. The number of rotatable bonds is 2. The van der Waals surface area contributed by atoms with Crippen LogP contribution in [0.25, 0.3) is 0 Å². The summed E-state index contributed by atoms with van der Waals surface area (Å²) in [7, 11) is 0. The van der Waals surface area contributed by atoms with Gasteiger partial charge in [0.1, 0.15) is 5.33 Å². The van der Waals surface area contributed by atoms with Gasteiger partial charge in [-0.3, -0.25) is 9.59 Å². The number of carbonyl (C=O) groups is 3. The zero-order valence-corrected chi connectivity index (χ0v) is 8.96. The van der Waals surface area contributed by atoms with E-state index in [0.717, 1.165) is 6.92 Å². The van der Waals surface area contributed by atoms with Crippen molar-refractivity contribution in [3.05, 3.63) is 0 Å². The van der Waals surface area contributed by atoms with Gasteiger partial charge in [0.15, 0.2) is 0 Å². The molecule has 0 saturated carbocycles. The van der Waals surface area contributed by atoms with E-state index in [4.69, 9.17) is 0 Å². The topological polar surface area (TPSA) is 63.7 Å². The van der Waals surface area contributed by atoms with E-state index in [-0.39, 0.29) is 11.8 Å². The predicted molar refractivity (Wildman–Crippen MR) is 47.7 cm³/mol. The third kappa shape index (κ3) is 4.02. The van der Waals surface area contributed by atoms with Gasteiger partial charge >= 0.3 is 5.97 Å². The number of nitrogens with zero attached hydrogens (tertiary/aromatic N) is 1. The van der Waals surface area contributed by atoms with Gasteiger partial charge < -0.3 is 4.84 Å². The molecule has 0 heterocycles. The smallest absolute Gasteiger partial charge is 0.329 e. The second kappa shape index (κ2) is 5.69. The molecule has 0 bridgehead atoms. The van der Waals surface area contributed by atoms with Gasteiger partial charge in [0.2, 0.25) is 0 Å². The summed E-state index contributed by atoms with van der Waals surface area (Å²) in [4.78, 5) is 37.0. The number of imide groups is 1. The van der Waals surface area contributed by atoms with Crippen LogP contribution in [-0.2, 0) is 19.2 Å². The molecule has 6 heteroatoms. The highest BCUT2D eigenvalue weighted by atomic mass is 79.9. The molecule has 0 aliphatic carbocycles. The number of hydroxylamine groups is 2. The maximum absolute atomic E-state index is 11.0. The zero-order chi connectivity index (χ0) is 10.4. The first-order chi connectivity index (χ1) is 6.02.